The highest BCUT2D eigenvalue weighted by Crippen LogP contribution is 2.22. The van der Waals surface area contributed by atoms with E-state index in [2.05, 4.69) is 5.16 Å². The summed E-state index contributed by atoms with van der Waals surface area (Å²) in [5.41, 5.74) is 0.380. The summed E-state index contributed by atoms with van der Waals surface area (Å²) in [7, 11) is -3.54. The Kier molecular flexibility index (Phi) is 4.35. The van der Waals surface area contributed by atoms with Crippen molar-refractivity contribution in [3.8, 4) is 0 Å². The van der Waals surface area contributed by atoms with E-state index in [9.17, 15) is 8.42 Å². The first-order chi connectivity index (χ1) is 7.45. The molecule has 0 bridgehead atoms. The quantitative estimate of drug-likeness (QED) is 0.759. The van der Waals surface area contributed by atoms with Gasteiger partial charge in [-0.3, -0.25) is 0 Å². The van der Waals surface area contributed by atoms with Gasteiger partial charge in [-0.1, -0.05) is 12.1 Å². The number of nitrogens with zero attached hydrogens (tertiary/aromatic N) is 2. The Bertz CT molecular complexity index is 436. The number of sulfonamides is 1. The largest absolute Gasteiger partial charge is 0.360 e. The lowest BCUT2D eigenvalue weighted by Crippen LogP contribution is -2.33. The summed E-state index contributed by atoms with van der Waals surface area (Å²) in [4.78, 5) is 0.152. The van der Waals surface area contributed by atoms with Gasteiger partial charge < -0.3 is 4.52 Å². The van der Waals surface area contributed by atoms with Crippen molar-refractivity contribution in [3.05, 3.63) is 11.5 Å². The summed E-state index contributed by atoms with van der Waals surface area (Å²) in [6, 6.07) is 0. The molecule has 5 nitrogen and oxygen atoms in total. The highest BCUT2D eigenvalue weighted by atomic mass is 35.5. The fraction of sp³-hybridized carbons (Fsp3) is 0.667. The lowest BCUT2D eigenvalue weighted by atomic mass is 10.4. The Hall–Kier alpha value is -0.590. The minimum Gasteiger partial charge on any atom is -0.360 e. The summed E-state index contributed by atoms with van der Waals surface area (Å²) < 4.78 is 30.6. The van der Waals surface area contributed by atoms with Crippen LogP contribution >= 0.6 is 11.6 Å². The SMILES string of the molecule is CCN(CCCl)S(=O)(=O)c1c(C)noc1C. The Labute approximate surface area is 100 Å². The van der Waals surface area contributed by atoms with Crippen LogP contribution in [0.2, 0.25) is 0 Å². The third-order valence-electron chi connectivity index (χ3n) is 2.25. The smallest absolute Gasteiger partial charge is 0.248 e. The van der Waals surface area contributed by atoms with Gasteiger partial charge in [0, 0.05) is 19.0 Å². The van der Waals surface area contributed by atoms with Gasteiger partial charge in [-0.25, -0.2) is 8.42 Å². The molecule has 0 saturated heterocycles. The second kappa shape index (κ2) is 5.16. The van der Waals surface area contributed by atoms with E-state index in [1.807, 2.05) is 0 Å². The third-order valence-corrected chi connectivity index (χ3v) is 4.64. The fourth-order valence-electron chi connectivity index (χ4n) is 1.51. The molecule has 0 atom stereocenters. The van der Waals surface area contributed by atoms with Gasteiger partial charge in [-0.05, 0) is 13.8 Å². The van der Waals surface area contributed by atoms with E-state index in [4.69, 9.17) is 16.1 Å². The zero-order valence-electron chi connectivity index (χ0n) is 9.53. The van der Waals surface area contributed by atoms with Gasteiger partial charge >= 0.3 is 0 Å². The predicted molar refractivity (Wildman–Crippen MR) is 61.1 cm³/mol. The number of hydrogen-bond acceptors (Lipinski definition) is 4. The average molecular weight is 267 g/mol. The van der Waals surface area contributed by atoms with Crippen LogP contribution in [0.15, 0.2) is 9.42 Å². The van der Waals surface area contributed by atoms with Gasteiger partial charge in [0.05, 0.1) is 0 Å². The molecule has 92 valence electrons. The van der Waals surface area contributed by atoms with Gasteiger partial charge in [-0.2, -0.15) is 4.31 Å². The number of rotatable bonds is 5. The molecule has 0 fully saturated rings. The van der Waals surface area contributed by atoms with Crippen LogP contribution in [0.3, 0.4) is 0 Å². The second-order valence-electron chi connectivity index (χ2n) is 3.34. The number of hydrogen-bond donors (Lipinski definition) is 0. The van der Waals surface area contributed by atoms with Gasteiger partial charge in [0.2, 0.25) is 10.0 Å². The van der Waals surface area contributed by atoms with Crippen LogP contribution in [-0.2, 0) is 10.0 Å². The minimum absolute atomic E-state index is 0.152. The topological polar surface area (TPSA) is 63.4 Å². The van der Waals surface area contributed by atoms with Crippen molar-refractivity contribution in [1.29, 1.82) is 0 Å². The third kappa shape index (κ3) is 2.39. The Balaban J connectivity index is 3.20. The molecule has 1 aromatic heterocycles. The first kappa shape index (κ1) is 13.5. The van der Waals surface area contributed by atoms with E-state index in [0.29, 0.717) is 18.0 Å². The maximum absolute atomic E-state index is 12.2. The number of halogens is 1. The van der Waals surface area contributed by atoms with Gasteiger partial charge in [0.25, 0.3) is 0 Å². The summed E-state index contributed by atoms with van der Waals surface area (Å²) >= 11 is 5.58. The van der Waals surface area contributed by atoms with E-state index < -0.39 is 10.0 Å². The maximum atomic E-state index is 12.2. The monoisotopic (exact) mass is 266 g/mol. The average Bonchev–Trinajstić information content (AvgIpc) is 2.55. The summed E-state index contributed by atoms with van der Waals surface area (Å²) in [6.45, 7) is 5.62. The Morgan fingerprint density at radius 1 is 1.44 bits per heavy atom. The van der Waals surface area contributed by atoms with Gasteiger partial charge in [-0.15, -0.1) is 11.6 Å². The lowest BCUT2D eigenvalue weighted by molar-refractivity contribution is 0.389. The zero-order valence-corrected chi connectivity index (χ0v) is 11.1. The summed E-state index contributed by atoms with van der Waals surface area (Å²) in [5, 5.41) is 3.65. The van der Waals surface area contributed by atoms with Crippen LogP contribution in [0, 0.1) is 13.8 Å². The first-order valence-corrected chi connectivity index (χ1v) is 6.91. The van der Waals surface area contributed by atoms with Gasteiger partial charge in [0.15, 0.2) is 5.76 Å². The van der Waals surface area contributed by atoms with Gasteiger partial charge in [0.1, 0.15) is 10.6 Å². The van der Waals surface area contributed by atoms with Crippen molar-refractivity contribution in [2.45, 2.75) is 25.7 Å². The fourth-order valence-corrected chi connectivity index (χ4v) is 3.56. The van der Waals surface area contributed by atoms with Crippen LogP contribution in [-0.4, -0.2) is 36.8 Å². The van der Waals surface area contributed by atoms with Crippen molar-refractivity contribution >= 4 is 21.6 Å². The highest BCUT2D eigenvalue weighted by Gasteiger charge is 2.29. The van der Waals surface area contributed by atoms with Crippen molar-refractivity contribution in [1.82, 2.24) is 9.46 Å². The molecule has 0 N–H and O–H groups in total. The molecule has 0 amide bonds. The second-order valence-corrected chi connectivity index (χ2v) is 5.59. The Morgan fingerprint density at radius 3 is 2.44 bits per heavy atom. The molecular weight excluding hydrogens is 252 g/mol. The molecule has 0 aromatic carbocycles. The predicted octanol–water partition coefficient (Wildman–Crippen LogP) is 1.54. The van der Waals surface area contributed by atoms with Crippen LogP contribution in [0.5, 0.6) is 0 Å². The molecule has 1 heterocycles. The Morgan fingerprint density at radius 2 is 2.06 bits per heavy atom. The molecule has 0 aliphatic carbocycles. The number of aryl methyl sites for hydroxylation is 2. The lowest BCUT2D eigenvalue weighted by Gasteiger charge is -2.18. The molecule has 0 radical (unpaired) electrons. The molecule has 1 rings (SSSR count). The summed E-state index contributed by atoms with van der Waals surface area (Å²) in [6.07, 6.45) is 0. The van der Waals surface area contributed by atoms with E-state index >= 15 is 0 Å². The number of aromatic nitrogens is 1. The normalized spacial score (nSPS) is 12.3. The van der Waals surface area contributed by atoms with E-state index in [0.717, 1.165) is 0 Å². The zero-order chi connectivity index (χ0) is 12.3. The molecule has 7 heteroatoms. The van der Waals surface area contributed by atoms with E-state index in [1.165, 1.54) is 4.31 Å². The van der Waals surface area contributed by atoms with Crippen LogP contribution in [0.25, 0.3) is 0 Å². The molecule has 0 aliphatic rings. The maximum Gasteiger partial charge on any atom is 0.248 e. The first-order valence-electron chi connectivity index (χ1n) is 4.94. The van der Waals surface area contributed by atoms with E-state index in [1.54, 1.807) is 20.8 Å². The van der Waals surface area contributed by atoms with Crippen LogP contribution in [0.4, 0.5) is 0 Å². The van der Waals surface area contributed by atoms with Crippen molar-refractivity contribution in [3.63, 3.8) is 0 Å². The molecule has 0 unspecified atom stereocenters. The standard InChI is InChI=1S/C9H15ClN2O3S/c1-4-12(6-5-10)16(13,14)9-7(2)11-15-8(9)3/h4-6H2,1-3H3. The van der Waals surface area contributed by atoms with Crippen molar-refractivity contribution in [2.75, 3.05) is 19.0 Å². The molecule has 0 aliphatic heterocycles. The molecule has 1 aromatic rings. The van der Waals surface area contributed by atoms with Crippen molar-refractivity contribution in [2.24, 2.45) is 0 Å². The van der Waals surface area contributed by atoms with E-state index in [-0.39, 0.29) is 17.3 Å². The highest BCUT2D eigenvalue weighted by molar-refractivity contribution is 7.89. The summed E-state index contributed by atoms with van der Waals surface area (Å²) in [5.74, 6) is 0.571. The molecule has 0 saturated carbocycles. The molecular formula is C9H15ClN2O3S. The van der Waals surface area contributed by atoms with Crippen LogP contribution in [0.1, 0.15) is 18.4 Å². The van der Waals surface area contributed by atoms with Crippen molar-refractivity contribution < 1.29 is 12.9 Å². The van der Waals surface area contributed by atoms with Crippen LogP contribution < -0.4 is 0 Å². The molecule has 0 spiro atoms. The minimum atomic E-state index is -3.54. The molecule has 16 heavy (non-hydrogen) atoms. The number of alkyl halides is 1.